The van der Waals surface area contributed by atoms with Crippen molar-refractivity contribution < 1.29 is 33.3 Å². The molecule has 0 aliphatic heterocycles. The van der Waals surface area contributed by atoms with Crippen molar-refractivity contribution >= 4 is 44.0 Å². The van der Waals surface area contributed by atoms with E-state index in [2.05, 4.69) is 71.5 Å². The zero-order valence-electron chi connectivity index (χ0n) is 29.9. The Morgan fingerprint density at radius 3 is 2.07 bits per heavy atom. The largest absolute Gasteiger partial charge is 0.501 e. The average Bonchev–Trinajstić information content (AvgIpc) is 3.77. The van der Waals surface area contributed by atoms with E-state index in [0.29, 0.717) is 11.3 Å². The summed E-state index contributed by atoms with van der Waals surface area (Å²) < 4.78 is 25.7. The summed E-state index contributed by atoms with van der Waals surface area (Å²) in [6.45, 7) is 4.10. The summed E-state index contributed by atoms with van der Waals surface area (Å²) in [6, 6.07) is 49.5. The second kappa shape index (κ2) is 15.2. The number of pyridine rings is 3. The molecule has 0 fully saturated rings. The molecule has 0 saturated carbocycles. The van der Waals surface area contributed by atoms with E-state index in [1.807, 2.05) is 79.9 Å². The summed E-state index contributed by atoms with van der Waals surface area (Å²) in [5.74, 6) is -0.257. The second-order valence-corrected chi connectivity index (χ2v) is 13.4. The van der Waals surface area contributed by atoms with Crippen molar-refractivity contribution in [1.29, 1.82) is 0 Å². The van der Waals surface area contributed by atoms with E-state index < -0.39 is 0 Å². The molecule has 55 heavy (non-hydrogen) atoms. The third kappa shape index (κ3) is 7.20. The second-order valence-electron chi connectivity index (χ2n) is 13.4. The van der Waals surface area contributed by atoms with E-state index in [-0.39, 0.29) is 25.9 Å². The molecule has 7 heteroatoms. The Morgan fingerprint density at radius 2 is 1.31 bits per heavy atom. The summed E-state index contributed by atoms with van der Waals surface area (Å²) >= 11 is 0. The van der Waals surface area contributed by atoms with Gasteiger partial charge in [0, 0.05) is 55.4 Å². The Bertz CT molecular complexity index is 2940. The summed E-state index contributed by atoms with van der Waals surface area (Å²) in [7, 11) is 0. The van der Waals surface area contributed by atoms with Crippen LogP contribution in [0, 0.1) is 31.8 Å². The maximum Gasteiger partial charge on any atom is 0.216 e. The van der Waals surface area contributed by atoms with Crippen molar-refractivity contribution in [1.82, 2.24) is 15.0 Å². The van der Waals surface area contributed by atoms with Gasteiger partial charge >= 0.3 is 0 Å². The number of hydrogen-bond acceptors (Lipinski definition) is 5. The van der Waals surface area contributed by atoms with Crippen LogP contribution in [0.5, 0.6) is 0 Å². The number of rotatable bonds is 5. The number of nitrogens with zero attached hydrogens (tertiary/aromatic N) is 3. The van der Waals surface area contributed by atoms with E-state index in [0.717, 1.165) is 84.0 Å². The normalized spacial score (nSPS) is 11.1. The number of fused-ring (bicyclic) bond motifs is 6. The zero-order valence-corrected chi connectivity index (χ0v) is 32.3. The predicted molar refractivity (Wildman–Crippen MR) is 213 cm³/mol. The fourth-order valence-electron chi connectivity index (χ4n) is 6.80. The van der Waals surface area contributed by atoms with Gasteiger partial charge in [-0.3, -0.25) is 0 Å². The van der Waals surface area contributed by atoms with Crippen LogP contribution in [0.25, 0.3) is 77.6 Å². The Morgan fingerprint density at radius 1 is 0.600 bits per heavy atom. The van der Waals surface area contributed by atoms with Crippen LogP contribution in [-0.2, 0) is 26.5 Å². The van der Waals surface area contributed by atoms with Crippen LogP contribution < -0.4 is 0 Å². The number of benzene rings is 5. The molecule has 0 unspecified atom stereocenters. The van der Waals surface area contributed by atoms with Crippen molar-refractivity contribution in [2.45, 2.75) is 20.3 Å². The van der Waals surface area contributed by atoms with Crippen molar-refractivity contribution in [3.8, 4) is 33.6 Å². The average molecular weight is 894 g/mol. The van der Waals surface area contributed by atoms with E-state index in [1.54, 1.807) is 18.3 Å². The summed E-state index contributed by atoms with van der Waals surface area (Å²) in [4.78, 5) is 13.8. The van der Waals surface area contributed by atoms with Crippen LogP contribution >= 0.6 is 0 Å². The van der Waals surface area contributed by atoms with Gasteiger partial charge in [-0.05, 0) is 89.5 Å². The predicted octanol–water partition coefficient (Wildman–Crippen LogP) is 12.3. The summed E-state index contributed by atoms with van der Waals surface area (Å²) in [6.07, 6.45) is 4.36. The van der Waals surface area contributed by atoms with Crippen LogP contribution in [0.15, 0.2) is 155 Å². The smallest absolute Gasteiger partial charge is 0.216 e. The molecule has 0 spiro atoms. The van der Waals surface area contributed by atoms with Gasteiger partial charge in [0.1, 0.15) is 11.4 Å². The molecule has 10 aromatic rings. The first-order valence-electron chi connectivity index (χ1n) is 17.7. The minimum Gasteiger partial charge on any atom is -0.501 e. The van der Waals surface area contributed by atoms with E-state index in [9.17, 15) is 4.39 Å². The molecular formula is C48H32FIrN3O2-2. The Kier molecular flexibility index (Phi) is 9.90. The number of hydrogen-bond donors (Lipinski definition) is 0. The third-order valence-electron chi connectivity index (χ3n) is 9.53. The third-order valence-corrected chi connectivity index (χ3v) is 9.53. The Balaban J connectivity index is 0.000000168. The summed E-state index contributed by atoms with van der Waals surface area (Å²) in [5, 5.41) is 4.19. The number of furan rings is 2. The van der Waals surface area contributed by atoms with Gasteiger partial charge < -0.3 is 18.8 Å². The van der Waals surface area contributed by atoms with Crippen molar-refractivity contribution in [2.75, 3.05) is 0 Å². The number of halogens is 1. The number of aryl methyl sites for hydroxylation is 2. The van der Waals surface area contributed by atoms with Gasteiger partial charge in [0.05, 0.1) is 11.2 Å². The first-order chi connectivity index (χ1) is 26.5. The Hall–Kier alpha value is -6.27. The van der Waals surface area contributed by atoms with Gasteiger partial charge in [-0.15, -0.1) is 36.4 Å². The molecule has 5 aromatic carbocycles. The molecule has 0 atom stereocenters. The van der Waals surface area contributed by atoms with Crippen molar-refractivity contribution in [2.24, 2.45) is 0 Å². The molecule has 5 heterocycles. The minimum absolute atomic E-state index is 0. The zero-order chi connectivity index (χ0) is 36.6. The molecule has 0 aliphatic rings. The summed E-state index contributed by atoms with van der Waals surface area (Å²) in [5.41, 5.74) is 12.8. The quantitative estimate of drug-likeness (QED) is 0.161. The van der Waals surface area contributed by atoms with E-state index in [1.165, 1.54) is 23.3 Å². The van der Waals surface area contributed by atoms with E-state index >= 15 is 0 Å². The molecule has 0 N–H and O–H groups in total. The van der Waals surface area contributed by atoms with Crippen LogP contribution in [0.2, 0.25) is 0 Å². The molecule has 5 nitrogen and oxygen atoms in total. The first-order valence-corrected chi connectivity index (χ1v) is 17.7. The molecule has 269 valence electrons. The molecular weight excluding hydrogens is 862 g/mol. The van der Waals surface area contributed by atoms with Crippen LogP contribution in [-0.4, -0.2) is 15.0 Å². The molecule has 10 rings (SSSR count). The van der Waals surface area contributed by atoms with Crippen LogP contribution in [0.4, 0.5) is 4.39 Å². The number of aromatic nitrogens is 3. The first kappa shape index (κ1) is 35.7. The monoisotopic (exact) mass is 894 g/mol. The van der Waals surface area contributed by atoms with Crippen LogP contribution in [0.3, 0.4) is 0 Å². The van der Waals surface area contributed by atoms with Crippen molar-refractivity contribution in [3.63, 3.8) is 0 Å². The van der Waals surface area contributed by atoms with Gasteiger partial charge in [0.15, 0.2) is 0 Å². The molecule has 0 saturated heterocycles. The maximum absolute atomic E-state index is 13.3. The fourth-order valence-corrected chi connectivity index (χ4v) is 6.80. The Labute approximate surface area is 330 Å². The van der Waals surface area contributed by atoms with E-state index in [4.69, 9.17) is 13.8 Å². The van der Waals surface area contributed by atoms with Gasteiger partial charge in [0.2, 0.25) is 5.71 Å². The SMILES string of the molecule is Cc1ccc(-c2[c-]ccc3c2oc2cc(C)ccc23)nc1.Fc1ccc(-c2ccnc(-c3[c-]ccc4c3oc3nc(Cc5ccccc5)ccc34)c2)cc1.[Ir]. The van der Waals surface area contributed by atoms with Gasteiger partial charge in [-0.25, -0.2) is 9.37 Å². The molecule has 5 aromatic heterocycles. The van der Waals surface area contributed by atoms with Crippen LogP contribution in [0.1, 0.15) is 22.4 Å². The fraction of sp³-hybridized carbons (Fsp3) is 0.0625. The molecule has 0 amide bonds. The molecule has 0 bridgehead atoms. The standard InChI is InChI=1S/C29H18FN2O.C19H14NO.Ir/c30-22-11-9-20(10-12-22)21-15-16-31-27(18-21)26-8-4-7-24-25-14-13-23(32-29(25)33-28(24)26)17-19-5-2-1-3-6-19;1-12-6-8-14-15-4-3-5-16(19(15)21-18(14)10-12)17-9-7-13(2)11-20-17;/h1-7,9-16,18H,17H2;3-4,6-11H,1-2H3;/q2*-1;. The maximum atomic E-state index is 13.3. The van der Waals surface area contributed by atoms with Gasteiger partial charge in [-0.1, -0.05) is 94.7 Å². The molecule has 1 radical (unpaired) electrons. The van der Waals surface area contributed by atoms with Gasteiger partial charge in [-0.2, -0.15) is 0 Å². The molecule has 0 aliphatic carbocycles. The van der Waals surface area contributed by atoms with Gasteiger partial charge in [0.25, 0.3) is 0 Å². The topological polar surface area (TPSA) is 65.0 Å². The minimum atomic E-state index is -0.257. The van der Waals surface area contributed by atoms with Crippen molar-refractivity contribution in [3.05, 3.63) is 186 Å².